The molecule has 96 valence electrons. The maximum atomic E-state index is 10.8. The lowest BCUT2D eigenvalue weighted by Crippen LogP contribution is -1.94. The van der Waals surface area contributed by atoms with Crippen LogP contribution in [-0.2, 0) is 0 Å². The minimum absolute atomic E-state index is 0.180. The Morgan fingerprint density at radius 2 is 2.32 bits per heavy atom. The summed E-state index contributed by atoms with van der Waals surface area (Å²) in [6.07, 6.45) is 4.50. The molecule has 0 spiro atoms. The second-order valence-electron chi connectivity index (χ2n) is 3.98. The number of carboxylic acids is 1. The number of aromatic amines is 1. The standard InChI is InChI=1S/C13H12N4O2/c14-17-15-6-2-1-3-9-4-5-10-8-12(13(18)19)16-11(10)7-9/h1,3-5,7-8,16H,2,6H2,(H,18,19). The molecule has 0 aliphatic heterocycles. The smallest absolute Gasteiger partial charge is 0.352 e. The van der Waals surface area contributed by atoms with E-state index in [1.54, 1.807) is 6.07 Å². The van der Waals surface area contributed by atoms with Crippen LogP contribution < -0.4 is 0 Å². The second kappa shape index (κ2) is 5.75. The van der Waals surface area contributed by atoms with Gasteiger partial charge in [-0.05, 0) is 29.6 Å². The fourth-order valence-electron chi connectivity index (χ4n) is 1.76. The van der Waals surface area contributed by atoms with E-state index in [0.29, 0.717) is 13.0 Å². The van der Waals surface area contributed by atoms with Crippen molar-refractivity contribution in [1.82, 2.24) is 4.98 Å². The predicted molar refractivity (Wildman–Crippen MR) is 72.9 cm³/mol. The number of fused-ring (bicyclic) bond motifs is 1. The lowest BCUT2D eigenvalue weighted by Gasteiger charge is -1.94. The highest BCUT2D eigenvalue weighted by atomic mass is 16.4. The summed E-state index contributed by atoms with van der Waals surface area (Å²) in [5, 5.41) is 13.2. The third-order valence-corrected chi connectivity index (χ3v) is 2.65. The van der Waals surface area contributed by atoms with E-state index in [-0.39, 0.29) is 5.69 Å². The Bertz CT molecular complexity index is 681. The maximum Gasteiger partial charge on any atom is 0.352 e. The molecule has 0 radical (unpaired) electrons. The molecule has 1 heterocycles. The number of rotatable bonds is 5. The third-order valence-electron chi connectivity index (χ3n) is 2.65. The third kappa shape index (κ3) is 3.14. The predicted octanol–water partition coefficient (Wildman–Crippen LogP) is 3.58. The number of benzene rings is 1. The van der Waals surface area contributed by atoms with E-state index in [9.17, 15) is 4.79 Å². The fourth-order valence-corrected chi connectivity index (χ4v) is 1.76. The van der Waals surface area contributed by atoms with Crippen molar-refractivity contribution in [2.45, 2.75) is 6.42 Å². The van der Waals surface area contributed by atoms with Crippen molar-refractivity contribution in [2.75, 3.05) is 6.54 Å². The number of aromatic carboxylic acids is 1. The summed E-state index contributed by atoms with van der Waals surface area (Å²) in [7, 11) is 0. The monoisotopic (exact) mass is 256 g/mol. The van der Waals surface area contributed by atoms with E-state index < -0.39 is 5.97 Å². The van der Waals surface area contributed by atoms with Crippen molar-refractivity contribution in [3.8, 4) is 0 Å². The van der Waals surface area contributed by atoms with E-state index in [0.717, 1.165) is 16.5 Å². The Balaban J connectivity index is 2.16. The van der Waals surface area contributed by atoms with Crippen LogP contribution >= 0.6 is 0 Å². The van der Waals surface area contributed by atoms with Crippen molar-refractivity contribution >= 4 is 22.9 Å². The van der Waals surface area contributed by atoms with Gasteiger partial charge in [-0.2, -0.15) is 0 Å². The molecule has 0 amide bonds. The van der Waals surface area contributed by atoms with Crippen LogP contribution in [0.1, 0.15) is 22.5 Å². The maximum absolute atomic E-state index is 10.8. The summed E-state index contributed by atoms with van der Waals surface area (Å²) in [6, 6.07) is 7.26. The van der Waals surface area contributed by atoms with Gasteiger partial charge in [-0.25, -0.2) is 4.79 Å². The number of aromatic nitrogens is 1. The highest BCUT2D eigenvalue weighted by molar-refractivity contribution is 5.94. The van der Waals surface area contributed by atoms with Crippen molar-refractivity contribution in [1.29, 1.82) is 0 Å². The number of nitrogens with zero attached hydrogens (tertiary/aromatic N) is 3. The van der Waals surface area contributed by atoms with Gasteiger partial charge >= 0.3 is 5.97 Å². The van der Waals surface area contributed by atoms with Crippen LogP contribution in [0, 0.1) is 0 Å². The zero-order valence-electron chi connectivity index (χ0n) is 10.1. The number of azide groups is 1. The van der Waals surface area contributed by atoms with Crippen LogP contribution in [0.3, 0.4) is 0 Å². The van der Waals surface area contributed by atoms with Crippen LogP contribution in [-0.4, -0.2) is 22.6 Å². The van der Waals surface area contributed by atoms with Crippen molar-refractivity contribution in [3.63, 3.8) is 0 Å². The van der Waals surface area contributed by atoms with Crippen LogP contribution in [0.15, 0.2) is 35.5 Å². The zero-order chi connectivity index (χ0) is 13.7. The van der Waals surface area contributed by atoms with Crippen molar-refractivity contribution in [3.05, 3.63) is 52.0 Å². The number of carbonyl (C=O) groups is 1. The fraction of sp³-hybridized carbons (Fsp3) is 0.154. The van der Waals surface area contributed by atoms with Crippen molar-refractivity contribution < 1.29 is 9.90 Å². The summed E-state index contributed by atoms with van der Waals surface area (Å²) in [6.45, 7) is 0.431. The summed E-state index contributed by atoms with van der Waals surface area (Å²) >= 11 is 0. The van der Waals surface area contributed by atoms with Gasteiger partial charge in [0, 0.05) is 22.4 Å². The molecule has 2 N–H and O–H groups in total. The number of H-pyrrole nitrogens is 1. The molecule has 2 rings (SSSR count). The Hall–Kier alpha value is -2.72. The van der Waals surface area contributed by atoms with Crippen LogP contribution in [0.4, 0.5) is 0 Å². The number of hydrogen-bond donors (Lipinski definition) is 2. The minimum atomic E-state index is -0.970. The molecule has 1 aromatic carbocycles. The van der Waals surface area contributed by atoms with Gasteiger partial charge in [-0.3, -0.25) is 0 Å². The lowest BCUT2D eigenvalue weighted by molar-refractivity contribution is 0.0691. The molecule has 1 aromatic heterocycles. The highest BCUT2D eigenvalue weighted by Crippen LogP contribution is 2.18. The van der Waals surface area contributed by atoms with E-state index in [4.69, 9.17) is 10.6 Å². The summed E-state index contributed by atoms with van der Waals surface area (Å²) in [4.78, 5) is 16.4. The summed E-state index contributed by atoms with van der Waals surface area (Å²) in [5.41, 5.74) is 10.1. The Labute approximate surface area is 109 Å². The largest absolute Gasteiger partial charge is 0.477 e. The molecular formula is C13H12N4O2. The quantitative estimate of drug-likeness (QED) is 0.369. The molecule has 6 heteroatoms. The average molecular weight is 256 g/mol. The first-order valence-corrected chi connectivity index (χ1v) is 5.74. The summed E-state index contributed by atoms with van der Waals surface area (Å²) in [5.74, 6) is -0.970. The molecule has 0 fully saturated rings. The number of carboxylic acid groups (broad SMARTS) is 1. The number of nitrogens with one attached hydrogen (secondary N) is 1. The van der Waals surface area contributed by atoms with Crippen molar-refractivity contribution in [2.24, 2.45) is 5.11 Å². The topological polar surface area (TPSA) is 102 Å². The first kappa shape index (κ1) is 12.7. The van der Waals surface area contributed by atoms with Crippen LogP contribution in [0.2, 0.25) is 0 Å². The summed E-state index contributed by atoms with van der Waals surface area (Å²) < 4.78 is 0. The Kier molecular flexibility index (Phi) is 3.85. The Morgan fingerprint density at radius 1 is 1.47 bits per heavy atom. The Morgan fingerprint density at radius 3 is 3.05 bits per heavy atom. The van der Waals surface area contributed by atoms with Crippen LogP contribution in [0.25, 0.3) is 27.4 Å². The van der Waals surface area contributed by atoms with E-state index in [1.807, 2.05) is 30.4 Å². The van der Waals surface area contributed by atoms with Crippen LogP contribution in [0.5, 0.6) is 0 Å². The van der Waals surface area contributed by atoms with Gasteiger partial charge in [-0.15, -0.1) is 0 Å². The molecule has 0 unspecified atom stereocenters. The van der Waals surface area contributed by atoms with Gasteiger partial charge in [0.1, 0.15) is 5.69 Å². The van der Waals surface area contributed by atoms with E-state index in [1.165, 1.54) is 0 Å². The molecule has 19 heavy (non-hydrogen) atoms. The first-order valence-electron chi connectivity index (χ1n) is 5.74. The second-order valence-corrected chi connectivity index (χ2v) is 3.98. The van der Waals surface area contributed by atoms with Gasteiger partial charge < -0.3 is 10.1 Å². The normalized spacial score (nSPS) is 10.7. The molecular weight excluding hydrogens is 244 g/mol. The van der Waals surface area contributed by atoms with Gasteiger partial charge in [0.05, 0.1) is 0 Å². The zero-order valence-corrected chi connectivity index (χ0v) is 10.1. The molecule has 0 aliphatic rings. The molecule has 0 saturated heterocycles. The lowest BCUT2D eigenvalue weighted by atomic mass is 10.1. The minimum Gasteiger partial charge on any atom is -0.477 e. The number of hydrogen-bond acceptors (Lipinski definition) is 2. The van der Waals surface area contributed by atoms with Gasteiger partial charge in [0.25, 0.3) is 0 Å². The van der Waals surface area contributed by atoms with Gasteiger partial charge in [-0.1, -0.05) is 29.4 Å². The van der Waals surface area contributed by atoms with E-state index in [2.05, 4.69) is 15.0 Å². The SMILES string of the molecule is [N-]=[N+]=NCCC=Cc1ccc2cc(C(=O)O)[nH]c2c1. The molecule has 0 atom stereocenters. The molecule has 2 aromatic rings. The highest BCUT2D eigenvalue weighted by Gasteiger charge is 2.06. The van der Waals surface area contributed by atoms with Gasteiger partial charge in [0.2, 0.25) is 0 Å². The van der Waals surface area contributed by atoms with E-state index >= 15 is 0 Å². The first-order chi connectivity index (χ1) is 9.20. The molecule has 0 saturated carbocycles. The molecule has 0 bridgehead atoms. The molecule has 6 nitrogen and oxygen atoms in total. The van der Waals surface area contributed by atoms with Gasteiger partial charge in [0.15, 0.2) is 0 Å². The molecule has 0 aliphatic carbocycles. The average Bonchev–Trinajstić information content (AvgIpc) is 2.82.